The van der Waals surface area contributed by atoms with E-state index < -0.39 is 5.60 Å². The molecule has 0 spiro atoms. The Morgan fingerprint density at radius 1 is 1.40 bits per heavy atom. The van der Waals surface area contributed by atoms with E-state index in [4.69, 9.17) is 9.84 Å². The number of aliphatic hydroxyl groups excluding tert-OH is 1. The molecule has 0 fully saturated rings. The summed E-state index contributed by atoms with van der Waals surface area (Å²) >= 11 is 0. The van der Waals surface area contributed by atoms with E-state index in [1.54, 1.807) is 36.9 Å². The molecule has 1 aliphatic heterocycles. The molecule has 2 rings (SSSR count). The lowest BCUT2D eigenvalue weighted by Gasteiger charge is -2.39. The number of amides is 1. The molecule has 5 heteroatoms. The number of rotatable bonds is 4. The lowest BCUT2D eigenvalue weighted by molar-refractivity contribution is -0.132. The molecule has 1 aromatic carbocycles. The maximum atomic E-state index is 12.4. The Balaban J connectivity index is 2.47. The Morgan fingerprint density at radius 3 is 2.70 bits per heavy atom. The average Bonchev–Trinajstić information content (AvgIpc) is 2.38. The van der Waals surface area contributed by atoms with Crippen LogP contribution in [-0.4, -0.2) is 35.5 Å². The Morgan fingerprint density at radius 2 is 2.10 bits per heavy atom. The lowest BCUT2D eigenvalue weighted by Crippen LogP contribution is -2.52. The zero-order chi connectivity index (χ0) is 14.9. The van der Waals surface area contributed by atoms with Gasteiger partial charge in [0.15, 0.2) is 11.4 Å². The third-order valence-electron chi connectivity index (χ3n) is 3.32. The molecule has 1 aliphatic rings. The van der Waals surface area contributed by atoms with Crippen LogP contribution in [0.15, 0.2) is 18.2 Å². The number of aliphatic hydroxyl groups is 1. The molecule has 1 amide bonds. The van der Waals surface area contributed by atoms with Crippen molar-refractivity contribution in [2.75, 3.05) is 18.1 Å². The van der Waals surface area contributed by atoms with Crippen LogP contribution < -0.4 is 9.64 Å². The molecule has 0 aliphatic carbocycles. The van der Waals surface area contributed by atoms with Gasteiger partial charge < -0.3 is 14.7 Å². The van der Waals surface area contributed by atoms with Crippen molar-refractivity contribution < 1.29 is 19.4 Å². The first-order valence-electron chi connectivity index (χ1n) is 6.63. The number of ether oxygens (including phenoxy) is 1. The number of carbonyl (C=O) groups excluding carboxylic acids is 2. The zero-order valence-electron chi connectivity index (χ0n) is 12.0. The van der Waals surface area contributed by atoms with Gasteiger partial charge in [0.25, 0.3) is 5.91 Å². The van der Waals surface area contributed by atoms with Crippen molar-refractivity contribution in [3.05, 3.63) is 23.8 Å². The molecule has 0 aromatic heterocycles. The van der Waals surface area contributed by atoms with Gasteiger partial charge in [0, 0.05) is 18.7 Å². The summed E-state index contributed by atoms with van der Waals surface area (Å²) in [4.78, 5) is 25.5. The number of fused-ring (bicyclic) bond motifs is 1. The molecule has 108 valence electrons. The summed E-state index contributed by atoms with van der Waals surface area (Å²) in [7, 11) is 0. The molecular weight excluding hydrogens is 258 g/mol. The summed E-state index contributed by atoms with van der Waals surface area (Å²) in [5, 5.41) is 8.98. The van der Waals surface area contributed by atoms with Crippen LogP contribution in [0.5, 0.6) is 5.75 Å². The van der Waals surface area contributed by atoms with Crippen LogP contribution in [0.3, 0.4) is 0 Å². The summed E-state index contributed by atoms with van der Waals surface area (Å²) in [6, 6.07) is 5.08. The van der Waals surface area contributed by atoms with E-state index in [1.165, 1.54) is 6.92 Å². The standard InChI is InChI=1S/C15H19NO4/c1-10(18)11-5-6-13-12(9-11)16(7-4-8-17)14(19)15(2,3)20-13/h5-6,9,17H,4,7-8H2,1-3H3. The van der Waals surface area contributed by atoms with E-state index in [1.807, 2.05) is 0 Å². The van der Waals surface area contributed by atoms with E-state index in [-0.39, 0.29) is 18.3 Å². The summed E-state index contributed by atoms with van der Waals surface area (Å²) in [6.07, 6.45) is 0.478. The zero-order valence-corrected chi connectivity index (χ0v) is 12.0. The first kappa shape index (κ1) is 14.5. The Hall–Kier alpha value is -1.88. The number of ketones is 1. The highest BCUT2D eigenvalue weighted by molar-refractivity contribution is 6.04. The predicted molar refractivity (Wildman–Crippen MR) is 75.2 cm³/mol. The van der Waals surface area contributed by atoms with Gasteiger partial charge in [0.2, 0.25) is 0 Å². The van der Waals surface area contributed by atoms with Crippen molar-refractivity contribution in [1.82, 2.24) is 0 Å². The van der Waals surface area contributed by atoms with E-state index in [0.29, 0.717) is 30.0 Å². The summed E-state index contributed by atoms with van der Waals surface area (Å²) in [6.45, 7) is 5.31. The Bertz CT molecular complexity index is 551. The second-order valence-corrected chi connectivity index (χ2v) is 5.39. The van der Waals surface area contributed by atoms with Crippen LogP contribution in [0.25, 0.3) is 0 Å². The number of nitrogens with zero attached hydrogens (tertiary/aromatic N) is 1. The van der Waals surface area contributed by atoms with E-state index in [2.05, 4.69) is 0 Å². The van der Waals surface area contributed by atoms with Crippen LogP contribution in [-0.2, 0) is 4.79 Å². The number of carbonyl (C=O) groups is 2. The van der Waals surface area contributed by atoms with Crippen molar-refractivity contribution in [2.45, 2.75) is 32.8 Å². The number of hydrogen-bond acceptors (Lipinski definition) is 4. The van der Waals surface area contributed by atoms with Crippen molar-refractivity contribution in [3.63, 3.8) is 0 Å². The Labute approximate surface area is 118 Å². The second-order valence-electron chi connectivity index (χ2n) is 5.39. The number of anilines is 1. The number of hydrogen-bond donors (Lipinski definition) is 1. The molecule has 0 saturated carbocycles. The third-order valence-corrected chi connectivity index (χ3v) is 3.32. The maximum Gasteiger partial charge on any atom is 0.270 e. The molecule has 0 atom stereocenters. The van der Waals surface area contributed by atoms with Crippen LogP contribution >= 0.6 is 0 Å². The van der Waals surface area contributed by atoms with Crippen LogP contribution in [0.1, 0.15) is 37.6 Å². The maximum absolute atomic E-state index is 12.4. The van der Waals surface area contributed by atoms with Gasteiger partial charge in [-0.15, -0.1) is 0 Å². The van der Waals surface area contributed by atoms with Gasteiger partial charge in [0.05, 0.1) is 5.69 Å². The Kier molecular flexibility index (Phi) is 3.81. The highest BCUT2D eigenvalue weighted by atomic mass is 16.5. The molecule has 1 heterocycles. The molecule has 0 bridgehead atoms. The number of benzene rings is 1. The smallest absolute Gasteiger partial charge is 0.270 e. The molecule has 0 radical (unpaired) electrons. The number of Topliss-reactive ketones (excluding diaryl/α,β-unsaturated/α-hetero) is 1. The first-order valence-corrected chi connectivity index (χ1v) is 6.63. The largest absolute Gasteiger partial charge is 0.476 e. The van der Waals surface area contributed by atoms with Crippen LogP contribution in [0.2, 0.25) is 0 Å². The van der Waals surface area contributed by atoms with Gasteiger partial charge >= 0.3 is 0 Å². The molecule has 0 saturated heterocycles. The van der Waals surface area contributed by atoms with Crippen molar-refractivity contribution in [2.24, 2.45) is 0 Å². The van der Waals surface area contributed by atoms with Gasteiger partial charge in [-0.05, 0) is 45.4 Å². The normalized spacial score (nSPS) is 16.6. The second kappa shape index (κ2) is 5.25. The molecular formula is C15H19NO4. The van der Waals surface area contributed by atoms with Gasteiger partial charge in [-0.1, -0.05) is 0 Å². The molecule has 1 N–H and O–H groups in total. The molecule has 1 aromatic rings. The predicted octanol–water partition coefficient (Wildman–Crippen LogP) is 1.78. The van der Waals surface area contributed by atoms with E-state index in [0.717, 1.165) is 0 Å². The van der Waals surface area contributed by atoms with Gasteiger partial charge in [-0.25, -0.2) is 0 Å². The third kappa shape index (κ3) is 2.54. The van der Waals surface area contributed by atoms with Crippen LogP contribution in [0, 0.1) is 0 Å². The van der Waals surface area contributed by atoms with Crippen molar-refractivity contribution in [1.29, 1.82) is 0 Å². The fourth-order valence-corrected chi connectivity index (χ4v) is 2.24. The molecule has 20 heavy (non-hydrogen) atoms. The monoisotopic (exact) mass is 277 g/mol. The van der Waals surface area contributed by atoms with Gasteiger partial charge in [0.1, 0.15) is 5.75 Å². The minimum absolute atomic E-state index is 0.00674. The molecule has 0 unspecified atom stereocenters. The topological polar surface area (TPSA) is 66.8 Å². The van der Waals surface area contributed by atoms with Crippen molar-refractivity contribution >= 4 is 17.4 Å². The quantitative estimate of drug-likeness (QED) is 0.852. The SMILES string of the molecule is CC(=O)c1ccc2c(c1)N(CCCO)C(=O)C(C)(C)O2. The van der Waals surface area contributed by atoms with E-state index in [9.17, 15) is 9.59 Å². The average molecular weight is 277 g/mol. The van der Waals surface area contributed by atoms with Crippen molar-refractivity contribution in [3.8, 4) is 5.75 Å². The van der Waals surface area contributed by atoms with E-state index >= 15 is 0 Å². The summed E-state index contributed by atoms with van der Waals surface area (Å²) in [5.41, 5.74) is 0.185. The minimum atomic E-state index is -0.944. The minimum Gasteiger partial charge on any atom is -0.476 e. The molecule has 5 nitrogen and oxygen atoms in total. The summed E-state index contributed by atoms with van der Waals surface area (Å²) in [5.74, 6) is 0.351. The highest BCUT2D eigenvalue weighted by Gasteiger charge is 2.40. The van der Waals surface area contributed by atoms with Gasteiger partial charge in [-0.3, -0.25) is 9.59 Å². The first-order chi connectivity index (χ1) is 9.36. The lowest BCUT2D eigenvalue weighted by atomic mass is 10.0. The fraction of sp³-hybridized carbons (Fsp3) is 0.467. The summed E-state index contributed by atoms with van der Waals surface area (Å²) < 4.78 is 5.71. The van der Waals surface area contributed by atoms with Gasteiger partial charge in [-0.2, -0.15) is 0 Å². The fourth-order valence-electron chi connectivity index (χ4n) is 2.24. The highest BCUT2D eigenvalue weighted by Crippen LogP contribution is 2.38. The van der Waals surface area contributed by atoms with Crippen LogP contribution in [0.4, 0.5) is 5.69 Å².